The number of amides is 1. The second-order valence-electron chi connectivity index (χ2n) is 5.92. The molecular formula is C13H25N3O3S. The summed E-state index contributed by atoms with van der Waals surface area (Å²) in [4.78, 5) is 14.3. The van der Waals surface area contributed by atoms with Crippen LogP contribution >= 0.6 is 0 Å². The molecule has 2 N–H and O–H groups in total. The van der Waals surface area contributed by atoms with Crippen molar-refractivity contribution in [1.82, 2.24) is 14.9 Å². The summed E-state index contributed by atoms with van der Waals surface area (Å²) in [6.45, 7) is 2.82. The molecule has 0 aromatic heterocycles. The van der Waals surface area contributed by atoms with Crippen molar-refractivity contribution in [2.45, 2.75) is 38.1 Å². The number of piperidine rings is 2. The van der Waals surface area contributed by atoms with Gasteiger partial charge in [-0.2, -0.15) is 0 Å². The summed E-state index contributed by atoms with van der Waals surface area (Å²) >= 11 is 0. The molecule has 2 aliphatic heterocycles. The van der Waals surface area contributed by atoms with E-state index < -0.39 is 10.0 Å². The highest BCUT2D eigenvalue weighted by Gasteiger charge is 2.29. The van der Waals surface area contributed by atoms with Crippen LogP contribution in [0.2, 0.25) is 0 Å². The maximum atomic E-state index is 12.4. The highest BCUT2D eigenvalue weighted by atomic mass is 32.2. The normalized spacial score (nSPS) is 28.4. The number of rotatable bonds is 4. The molecule has 0 aromatic rings. The highest BCUT2D eigenvalue weighted by molar-refractivity contribution is 7.88. The maximum Gasteiger partial charge on any atom is 0.239 e. The highest BCUT2D eigenvalue weighted by Crippen LogP contribution is 2.18. The molecule has 2 fully saturated rings. The van der Waals surface area contributed by atoms with Gasteiger partial charge in [-0.3, -0.25) is 4.79 Å². The third-order valence-electron chi connectivity index (χ3n) is 4.07. The zero-order valence-corrected chi connectivity index (χ0v) is 12.9. The van der Waals surface area contributed by atoms with Crippen LogP contribution in [0.1, 0.15) is 32.1 Å². The van der Waals surface area contributed by atoms with Gasteiger partial charge in [0.2, 0.25) is 15.9 Å². The van der Waals surface area contributed by atoms with Crippen molar-refractivity contribution < 1.29 is 13.2 Å². The van der Waals surface area contributed by atoms with E-state index in [1.165, 1.54) is 6.26 Å². The zero-order chi connectivity index (χ0) is 14.6. The van der Waals surface area contributed by atoms with E-state index in [2.05, 4.69) is 10.0 Å². The second-order valence-corrected chi connectivity index (χ2v) is 7.75. The molecule has 7 heteroatoms. The molecular weight excluding hydrogens is 278 g/mol. The van der Waals surface area contributed by atoms with Crippen LogP contribution in [0, 0.1) is 5.92 Å². The van der Waals surface area contributed by atoms with Gasteiger partial charge in [0.1, 0.15) is 0 Å². The van der Waals surface area contributed by atoms with E-state index in [0.717, 1.165) is 45.2 Å². The Morgan fingerprint density at radius 3 is 2.75 bits per heavy atom. The van der Waals surface area contributed by atoms with Gasteiger partial charge in [0, 0.05) is 19.6 Å². The maximum absolute atomic E-state index is 12.4. The van der Waals surface area contributed by atoms with E-state index in [-0.39, 0.29) is 17.9 Å². The number of likely N-dealkylation sites (tertiary alicyclic amines) is 1. The largest absolute Gasteiger partial charge is 0.341 e. The van der Waals surface area contributed by atoms with Gasteiger partial charge in [0.05, 0.1) is 12.3 Å². The van der Waals surface area contributed by atoms with Gasteiger partial charge in [0.15, 0.2) is 0 Å². The lowest BCUT2D eigenvalue weighted by molar-refractivity contribution is -0.135. The van der Waals surface area contributed by atoms with Crippen molar-refractivity contribution in [2.24, 2.45) is 5.92 Å². The molecule has 116 valence electrons. The second kappa shape index (κ2) is 6.87. The third-order valence-corrected chi connectivity index (χ3v) is 4.76. The molecule has 2 rings (SSSR count). The van der Waals surface area contributed by atoms with Crippen LogP contribution in [0.4, 0.5) is 0 Å². The third kappa shape index (κ3) is 4.71. The Balaban J connectivity index is 1.84. The predicted octanol–water partition coefficient (Wildman–Crippen LogP) is -0.0837. The van der Waals surface area contributed by atoms with Crippen molar-refractivity contribution in [2.75, 3.05) is 32.4 Å². The van der Waals surface area contributed by atoms with Gasteiger partial charge >= 0.3 is 0 Å². The lowest BCUT2D eigenvalue weighted by Gasteiger charge is -2.36. The average Bonchev–Trinajstić information content (AvgIpc) is 2.45. The fraction of sp³-hybridized carbons (Fsp3) is 0.923. The van der Waals surface area contributed by atoms with Crippen LogP contribution in [0.15, 0.2) is 0 Å². The number of nitrogens with zero attached hydrogens (tertiary/aromatic N) is 1. The minimum absolute atomic E-state index is 0.0367. The molecule has 2 saturated heterocycles. The van der Waals surface area contributed by atoms with Crippen LogP contribution in [0.25, 0.3) is 0 Å². The molecule has 0 aromatic carbocycles. The Bertz CT molecular complexity index is 432. The quantitative estimate of drug-likeness (QED) is 0.761. The van der Waals surface area contributed by atoms with Crippen LogP contribution in [-0.4, -0.2) is 57.7 Å². The smallest absolute Gasteiger partial charge is 0.239 e. The molecule has 0 radical (unpaired) electrons. The van der Waals surface area contributed by atoms with Gasteiger partial charge < -0.3 is 10.2 Å². The molecule has 2 aliphatic rings. The van der Waals surface area contributed by atoms with E-state index >= 15 is 0 Å². The van der Waals surface area contributed by atoms with Crippen molar-refractivity contribution in [3.8, 4) is 0 Å². The lowest BCUT2D eigenvalue weighted by atomic mass is 9.96. The van der Waals surface area contributed by atoms with Gasteiger partial charge in [-0.25, -0.2) is 13.1 Å². The number of nitrogens with one attached hydrogen (secondary N) is 2. The molecule has 0 spiro atoms. The van der Waals surface area contributed by atoms with E-state index in [4.69, 9.17) is 0 Å². The Morgan fingerprint density at radius 1 is 1.30 bits per heavy atom. The number of carbonyl (C=O) groups is 1. The Labute approximate surface area is 121 Å². The minimum Gasteiger partial charge on any atom is -0.341 e. The van der Waals surface area contributed by atoms with Crippen LogP contribution in [0.3, 0.4) is 0 Å². The van der Waals surface area contributed by atoms with Crippen molar-refractivity contribution in [1.29, 1.82) is 0 Å². The molecule has 1 amide bonds. The molecule has 2 heterocycles. The molecule has 20 heavy (non-hydrogen) atoms. The summed E-state index contributed by atoms with van der Waals surface area (Å²) in [7, 11) is -3.15. The van der Waals surface area contributed by atoms with Crippen molar-refractivity contribution in [3.63, 3.8) is 0 Å². The Hall–Kier alpha value is -0.660. The number of hydrogen-bond donors (Lipinski definition) is 2. The average molecular weight is 303 g/mol. The Kier molecular flexibility index (Phi) is 5.40. The van der Waals surface area contributed by atoms with Crippen LogP contribution in [0.5, 0.6) is 0 Å². The molecule has 0 aliphatic carbocycles. The zero-order valence-electron chi connectivity index (χ0n) is 12.1. The monoisotopic (exact) mass is 303 g/mol. The molecule has 1 unspecified atom stereocenters. The molecule has 6 nitrogen and oxygen atoms in total. The first-order valence-electron chi connectivity index (χ1n) is 7.42. The number of hydrogen-bond acceptors (Lipinski definition) is 4. The van der Waals surface area contributed by atoms with E-state index in [1.807, 2.05) is 4.90 Å². The first-order chi connectivity index (χ1) is 9.46. The summed E-state index contributed by atoms with van der Waals surface area (Å²) in [6, 6.07) is -0.0367. The first kappa shape index (κ1) is 15.7. The number of sulfonamides is 1. The van der Waals surface area contributed by atoms with Crippen LogP contribution in [-0.2, 0) is 14.8 Å². The van der Waals surface area contributed by atoms with E-state index in [0.29, 0.717) is 13.1 Å². The Morgan fingerprint density at radius 2 is 2.10 bits per heavy atom. The summed E-state index contributed by atoms with van der Waals surface area (Å²) in [5, 5.41) is 3.28. The van der Waals surface area contributed by atoms with E-state index in [1.54, 1.807) is 0 Å². The molecule has 0 saturated carbocycles. The van der Waals surface area contributed by atoms with E-state index in [9.17, 15) is 13.2 Å². The van der Waals surface area contributed by atoms with Gasteiger partial charge in [-0.05, 0) is 38.1 Å². The molecule has 0 bridgehead atoms. The summed E-state index contributed by atoms with van der Waals surface area (Å²) in [6.07, 6.45) is 6.27. The molecule has 2 atom stereocenters. The SMILES string of the molecule is CS(=O)(=O)NCC1CCCN(C(=O)[C@@H]2CCCCN2)C1. The topological polar surface area (TPSA) is 78.5 Å². The van der Waals surface area contributed by atoms with Crippen molar-refractivity contribution >= 4 is 15.9 Å². The van der Waals surface area contributed by atoms with Gasteiger partial charge in [-0.1, -0.05) is 6.42 Å². The van der Waals surface area contributed by atoms with Gasteiger partial charge in [0.25, 0.3) is 0 Å². The van der Waals surface area contributed by atoms with Crippen LogP contribution < -0.4 is 10.0 Å². The first-order valence-corrected chi connectivity index (χ1v) is 9.31. The fourth-order valence-electron chi connectivity index (χ4n) is 2.98. The lowest BCUT2D eigenvalue weighted by Crippen LogP contribution is -2.52. The summed E-state index contributed by atoms with van der Waals surface area (Å²) < 4.78 is 24.8. The predicted molar refractivity (Wildman–Crippen MR) is 77.8 cm³/mol. The standard InChI is InChI=1S/C13H25N3O3S/c1-20(18,19)15-9-11-5-4-8-16(10-11)13(17)12-6-2-3-7-14-12/h11-12,14-15H,2-10H2,1H3/t11?,12-/m0/s1. The number of carbonyl (C=O) groups excluding carboxylic acids is 1. The fourth-order valence-corrected chi connectivity index (χ4v) is 3.52. The van der Waals surface area contributed by atoms with Gasteiger partial charge in [-0.15, -0.1) is 0 Å². The minimum atomic E-state index is -3.15. The summed E-state index contributed by atoms with van der Waals surface area (Å²) in [5.41, 5.74) is 0. The van der Waals surface area contributed by atoms with Crippen molar-refractivity contribution in [3.05, 3.63) is 0 Å². The summed E-state index contributed by atoms with van der Waals surface area (Å²) in [5.74, 6) is 0.416.